The highest BCUT2D eigenvalue weighted by Gasteiger charge is 2.34. The van der Waals surface area contributed by atoms with Gasteiger partial charge in [-0.05, 0) is 24.8 Å². The molecule has 1 aliphatic heterocycles. The van der Waals surface area contributed by atoms with Gasteiger partial charge in [-0.1, -0.05) is 30.3 Å². The average Bonchev–Trinajstić information content (AvgIpc) is 2.46. The summed E-state index contributed by atoms with van der Waals surface area (Å²) in [4.78, 5) is 25.0. The normalized spacial score (nSPS) is 20.9. The molecule has 0 aromatic heterocycles. The molecule has 0 radical (unpaired) electrons. The molecule has 0 aliphatic carbocycles. The number of amides is 1. The minimum absolute atomic E-state index is 0.307. The Balaban J connectivity index is 2.15. The Hall–Kier alpha value is -1.88. The molecule has 5 nitrogen and oxygen atoms in total. The lowest BCUT2D eigenvalue weighted by Gasteiger charge is -2.34. The highest BCUT2D eigenvalue weighted by atomic mass is 16.4. The van der Waals surface area contributed by atoms with E-state index in [2.05, 4.69) is 0 Å². The number of carbonyl (C=O) groups excluding carboxylic acids is 1. The quantitative estimate of drug-likeness (QED) is 0.856. The second-order valence-electron chi connectivity index (χ2n) is 4.77. The predicted octanol–water partition coefficient (Wildman–Crippen LogP) is 1.15. The van der Waals surface area contributed by atoms with Crippen LogP contribution in [0.15, 0.2) is 30.3 Å². The maximum absolute atomic E-state index is 12.4. The predicted molar refractivity (Wildman–Crippen MR) is 70.4 cm³/mol. The lowest BCUT2D eigenvalue weighted by molar-refractivity contribution is -0.152. The first-order chi connectivity index (χ1) is 9.11. The zero-order valence-corrected chi connectivity index (χ0v) is 10.7. The van der Waals surface area contributed by atoms with Crippen LogP contribution in [0.25, 0.3) is 0 Å². The van der Waals surface area contributed by atoms with Crippen LogP contribution in [0.2, 0.25) is 0 Å². The zero-order chi connectivity index (χ0) is 13.8. The lowest BCUT2D eigenvalue weighted by Crippen LogP contribution is -2.50. The standard InChI is InChI=1S/C14H18N2O3/c15-12(10-6-2-1-3-7-10)13(17)16-9-5-4-8-11(16)14(18)19/h1-3,6-7,11-12H,4-5,8-9,15H2,(H,18,19). The first-order valence-corrected chi connectivity index (χ1v) is 6.45. The van der Waals surface area contributed by atoms with Crippen LogP contribution < -0.4 is 5.73 Å². The van der Waals surface area contributed by atoms with E-state index >= 15 is 0 Å². The fraction of sp³-hybridized carbons (Fsp3) is 0.429. The SMILES string of the molecule is NC(C(=O)N1CCCCC1C(=O)O)c1ccccc1. The van der Waals surface area contributed by atoms with Crippen molar-refractivity contribution >= 4 is 11.9 Å². The molecular weight excluding hydrogens is 244 g/mol. The molecule has 1 aromatic carbocycles. The van der Waals surface area contributed by atoms with Crippen LogP contribution in [0.3, 0.4) is 0 Å². The van der Waals surface area contributed by atoms with Crippen LogP contribution in [0.4, 0.5) is 0 Å². The van der Waals surface area contributed by atoms with Gasteiger partial charge in [0.15, 0.2) is 0 Å². The van der Waals surface area contributed by atoms with Crippen LogP contribution >= 0.6 is 0 Å². The topological polar surface area (TPSA) is 83.6 Å². The van der Waals surface area contributed by atoms with Gasteiger partial charge in [-0.15, -0.1) is 0 Å². The molecule has 5 heteroatoms. The molecule has 3 N–H and O–H groups in total. The van der Waals surface area contributed by atoms with Gasteiger partial charge in [0.1, 0.15) is 12.1 Å². The number of likely N-dealkylation sites (tertiary alicyclic amines) is 1. The molecule has 1 heterocycles. The summed E-state index contributed by atoms with van der Waals surface area (Å²) in [5, 5.41) is 9.18. The van der Waals surface area contributed by atoms with E-state index in [4.69, 9.17) is 5.73 Å². The summed E-state index contributed by atoms with van der Waals surface area (Å²) in [6.45, 7) is 0.469. The minimum Gasteiger partial charge on any atom is -0.480 e. The van der Waals surface area contributed by atoms with Gasteiger partial charge in [0.05, 0.1) is 0 Å². The Kier molecular flexibility index (Phi) is 4.16. The molecule has 2 unspecified atom stereocenters. The number of nitrogens with zero attached hydrogens (tertiary/aromatic N) is 1. The van der Waals surface area contributed by atoms with Gasteiger partial charge < -0.3 is 15.7 Å². The zero-order valence-electron chi connectivity index (χ0n) is 10.7. The molecule has 1 aliphatic rings. The van der Waals surface area contributed by atoms with Gasteiger partial charge in [0, 0.05) is 6.54 Å². The Morgan fingerprint density at radius 2 is 1.95 bits per heavy atom. The Labute approximate surface area is 112 Å². The van der Waals surface area contributed by atoms with Gasteiger partial charge in [-0.2, -0.15) is 0 Å². The van der Waals surface area contributed by atoms with E-state index in [0.717, 1.165) is 12.8 Å². The first kappa shape index (κ1) is 13.5. The highest BCUT2D eigenvalue weighted by Crippen LogP contribution is 2.21. The molecular formula is C14H18N2O3. The number of nitrogens with two attached hydrogens (primary N) is 1. The van der Waals surface area contributed by atoms with Crippen LogP contribution in [0, 0.1) is 0 Å². The Bertz CT molecular complexity index is 461. The molecule has 1 aromatic rings. The minimum atomic E-state index is -0.951. The average molecular weight is 262 g/mol. The van der Waals surface area contributed by atoms with E-state index in [9.17, 15) is 14.7 Å². The van der Waals surface area contributed by atoms with Crippen molar-refractivity contribution in [3.05, 3.63) is 35.9 Å². The molecule has 2 rings (SSSR count). The molecule has 1 saturated heterocycles. The maximum atomic E-state index is 12.4. The van der Waals surface area contributed by atoms with Gasteiger partial charge in [-0.3, -0.25) is 4.79 Å². The van der Waals surface area contributed by atoms with Crippen molar-refractivity contribution in [2.45, 2.75) is 31.3 Å². The number of carbonyl (C=O) groups is 2. The fourth-order valence-electron chi connectivity index (χ4n) is 2.43. The highest BCUT2D eigenvalue weighted by molar-refractivity contribution is 5.87. The van der Waals surface area contributed by atoms with E-state index in [0.29, 0.717) is 18.5 Å². The van der Waals surface area contributed by atoms with E-state index in [1.807, 2.05) is 18.2 Å². The van der Waals surface area contributed by atoms with Crippen LogP contribution in [0.1, 0.15) is 30.9 Å². The van der Waals surface area contributed by atoms with Crippen LogP contribution in [-0.4, -0.2) is 34.5 Å². The van der Waals surface area contributed by atoms with E-state index in [1.165, 1.54) is 4.90 Å². The van der Waals surface area contributed by atoms with E-state index in [1.54, 1.807) is 12.1 Å². The van der Waals surface area contributed by atoms with Crippen molar-refractivity contribution < 1.29 is 14.7 Å². The summed E-state index contributed by atoms with van der Waals surface area (Å²) < 4.78 is 0. The number of carboxylic acid groups (broad SMARTS) is 1. The number of hydrogen-bond donors (Lipinski definition) is 2. The lowest BCUT2D eigenvalue weighted by atomic mass is 9.99. The first-order valence-electron chi connectivity index (χ1n) is 6.45. The number of carboxylic acids is 1. The van der Waals surface area contributed by atoms with Gasteiger partial charge in [-0.25, -0.2) is 4.79 Å². The fourth-order valence-corrected chi connectivity index (χ4v) is 2.43. The molecule has 1 fully saturated rings. The molecule has 19 heavy (non-hydrogen) atoms. The van der Waals surface area contributed by atoms with Crippen molar-refractivity contribution in [3.63, 3.8) is 0 Å². The van der Waals surface area contributed by atoms with Crippen LogP contribution in [0.5, 0.6) is 0 Å². The summed E-state index contributed by atoms with van der Waals surface area (Å²) in [7, 11) is 0. The molecule has 0 saturated carbocycles. The summed E-state index contributed by atoms with van der Waals surface area (Å²) >= 11 is 0. The molecule has 0 spiro atoms. The largest absolute Gasteiger partial charge is 0.480 e. The number of piperidine rings is 1. The monoisotopic (exact) mass is 262 g/mol. The maximum Gasteiger partial charge on any atom is 0.326 e. The third-order valence-corrected chi connectivity index (χ3v) is 3.50. The van der Waals surface area contributed by atoms with Crippen LogP contribution in [-0.2, 0) is 9.59 Å². The summed E-state index contributed by atoms with van der Waals surface area (Å²) in [6.07, 6.45) is 2.17. The van der Waals surface area contributed by atoms with Crippen molar-refractivity contribution in [1.29, 1.82) is 0 Å². The van der Waals surface area contributed by atoms with Crippen molar-refractivity contribution in [2.24, 2.45) is 5.73 Å². The van der Waals surface area contributed by atoms with Gasteiger partial charge >= 0.3 is 5.97 Å². The van der Waals surface area contributed by atoms with Crippen molar-refractivity contribution in [2.75, 3.05) is 6.54 Å². The molecule has 102 valence electrons. The third-order valence-electron chi connectivity index (χ3n) is 3.50. The molecule has 1 amide bonds. The molecule has 0 bridgehead atoms. The van der Waals surface area contributed by atoms with Gasteiger partial charge in [0.25, 0.3) is 0 Å². The second kappa shape index (κ2) is 5.84. The summed E-state index contributed by atoms with van der Waals surface area (Å²) in [6, 6.07) is 7.50. The number of benzene rings is 1. The summed E-state index contributed by atoms with van der Waals surface area (Å²) in [5.74, 6) is -1.26. The Morgan fingerprint density at radius 3 is 2.58 bits per heavy atom. The van der Waals surface area contributed by atoms with Crippen molar-refractivity contribution in [3.8, 4) is 0 Å². The van der Waals surface area contributed by atoms with Gasteiger partial charge in [0.2, 0.25) is 5.91 Å². The summed E-state index contributed by atoms with van der Waals surface area (Å²) in [5.41, 5.74) is 6.66. The smallest absolute Gasteiger partial charge is 0.326 e. The van der Waals surface area contributed by atoms with E-state index in [-0.39, 0.29) is 5.91 Å². The second-order valence-corrected chi connectivity index (χ2v) is 4.77. The third kappa shape index (κ3) is 2.93. The van der Waals surface area contributed by atoms with E-state index < -0.39 is 18.1 Å². The number of rotatable bonds is 3. The molecule has 2 atom stereocenters. The number of hydrogen-bond acceptors (Lipinski definition) is 3. The Morgan fingerprint density at radius 1 is 1.26 bits per heavy atom. The van der Waals surface area contributed by atoms with Crippen molar-refractivity contribution in [1.82, 2.24) is 4.90 Å². The number of aliphatic carboxylic acids is 1.